The number of carbonyl (C=O) groups is 1. The van der Waals surface area contributed by atoms with Crippen molar-refractivity contribution in [3.05, 3.63) is 47.4 Å². The van der Waals surface area contributed by atoms with Crippen LogP contribution in [-0.2, 0) is 17.9 Å². The number of nitrogens with one attached hydrogen (secondary N) is 1. The van der Waals surface area contributed by atoms with Crippen LogP contribution in [0.4, 0.5) is 0 Å². The SMILES string of the molecule is Cc1cc(C)n(CCCN(C=O)Cc2cccc3[nH]ncc23)n1. The molecule has 23 heavy (non-hydrogen) atoms. The molecule has 0 radical (unpaired) electrons. The second-order valence-corrected chi connectivity index (χ2v) is 5.83. The largest absolute Gasteiger partial charge is 0.341 e. The number of benzene rings is 1. The predicted octanol–water partition coefficient (Wildman–Crippen LogP) is 2.42. The van der Waals surface area contributed by atoms with Gasteiger partial charge >= 0.3 is 0 Å². The lowest BCUT2D eigenvalue weighted by Gasteiger charge is -2.18. The van der Waals surface area contributed by atoms with Crippen molar-refractivity contribution in [3.63, 3.8) is 0 Å². The molecule has 3 aromatic rings. The molecule has 0 fully saturated rings. The van der Waals surface area contributed by atoms with E-state index in [4.69, 9.17) is 0 Å². The van der Waals surface area contributed by atoms with Gasteiger partial charge in [0.25, 0.3) is 0 Å². The molecule has 0 aliphatic carbocycles. The van der Waals surface area contributed by atoms with Crippen molar-refractivity contribution in [2.75, 3.05) is 6.54 Å². The summed E-state index contributed by atoms with van der Waals surface area (Å²) in [5, 5.41) is 12.5. The van der Waals surface area contributed by atoms with Gasteiger partial charge in [0.1, 0.15) is 0 Å². The van der Waals surface area contributed by atoms with Crippen molar-refractivity contribution < 1.29 is 4.79 Å². The van der Waals surface area contributed by atoms with E-state index < -0.39 is 0 Å². The maximum atomic E-state index is 11.4. The Balaban J connectivity index is 1.61. The highest BCUT2D eigenvalue weighted by molar-refractivity contribution is 5.81. The smallest absolute Gasteiger partial charge is 0.210 e. The molecular weight excluding hydrogens is 290 g/mol. The molecule has 6 heteroatoms. The highest BCUT2D eigenvalue weighted by Gasteiger charge is 2.08. The van der Waals surface area contributed by atoms with Gasteiger partial charge in [-0.15, -0.1) is 0 Å². The van der Waals surface area contributed by atoms with E-state index in [1.54, 1.807) is 4.90 Å². The molecule has 1 aromatic carbocycles. The minimum atomic E-state index is 0.595. The zero-order chi connectivity index (χ0) is 16.2. The minimum Gasteiger partial charge on any atom is -0.341 e. The molecule has 6 nitrogen and oxygen atoms in total. The van der Waals surface area contributed by atoms with E-state index >= 15 is 0 Å². The Morgan fingerprint density at radius 3 is 2.96 bits per heavy atom. The van der Waals surface area contributed by atoms with Crippen molar-refractivity contribution in [2.24, 2.45) is 0 Å². The van der Waals surface area contributed by atoms with E-state index in [0.717, 1.165) is 47.2 Å². The molecule has 0 saturated heterocycles. The molecule has 3 rings (SSSR count). The Kier molecular flexibility index (Phi) is 4.41. The van der Waals surface area contributed by atoms with E-state index in [1.165, 1.54) is 0 Å². The number of amides is 1. The number of aromatic nitrogens is 4. The Labute approximate surface area is 135 Å². The topological polar surface area (TPSA) is 66.8 Å². The van der Waals surface area contributed by atoms with Crippen molar-refractivity contribution in [1.29, 1.82) is 0 Å². The van der Waals surface area contributed by atoms with E-state index in [0.29, 0.717) is 13.1 Å². The summed E-state index contributed by atoms with van der Waals surface area (Å²) in [6.45, 7) is 6.16. The van der Waals surface area contributed by atoms with Crippen LogP contribution in [0.3, 0.4) is 0 Å². The first-order chi connectivity index (χ1) is 11.2. The number of aromatic amines is 1. The lowest BCUT2D eigenvalue weighted by atomic mass is 10.1. The number of hydrogen-bond donors (Lipinski definition) is 1. The maximum Gasteiger partial charge on any atom is 0.210 e. The average molecular weight is 311 g/mol. The van der Waals surface area contributed by atoms with E-state index in [2.05, 4.69) is 28.3 Å². The maximum absolute atomic E-state index is 11.4. The van der Waals surface area contributed by atoms with Crippen LogP contribution in [0, 0.1) is 13.8 Å². The summed E-state index contributed by atoms with van der Waals surface area (Å²) in [5.41, 5.74) is 4.29. The lowest BCUT2D eigenvalue weighted by molar-refractivity contribution is -0.118. The number of carbonyl (C=O) groups excluding carboxylic acids is 1. The molecule has 0 saturated carbocycles. The number of fused-ring (bicyclic) bond motifs is 1. The molecule has 0 aliphatic rings. The third-order valence-electron chi connectivity index (χ3n) is 4.02. The predicted molar refractivity (Wildman–Crippen MR) is 88.9 cm³/mol. The third kappa shape index (κ3) is 3.41. The second-order valence-electron chi connectivity index (χ2n) is 5.83. The summed E-state index contributed by atoms with van der Waals surface area (Å²) in [6.07, 6.45) is 3.60. The highest BCUT2D eigenvalue weighted by Crippen LogP contribution is 2.17. The number of aryl methyl sites for hydroxylation is 3. The van der Waals surface area contributed by atoms with Gasteiger partial charge in [-0.3, -0.25) is 14.6 Å². The molecule has 0 unspecified atom stereocenters. The molecular formula is C17H21N5O. The number of rotatable bonds is 7. The van der Waals surface area contributed by atoms with Crippen LogP contribution in [0.15, 0.2) is 30.5 Å². The molecule has 0 bridgehead atoms. The first-order valence-corrected chi connectivity index (χ1v) is 7.79. The normalized spacial score (nSPS) is 11.0. The van der Waals surface area contributed by atoms with Crippen molar-refractivity contribution in [1.82, 2.24) is 24.9 Å². The summed E-state index contributed by atoms with van der Waals surface area (Å²) in [4.78, 5) is 13.2. The molecule has 2 heterocycles. The Hall–Kier alpha value is -2.63. The molecule has 0 spiro atoms. The van der Waals surface area contributed by atoms with Gasteiger partial charge in [0.2, 0.25) is 6.41 Å². The van der Waals surface area contributed by atoms with Crippen LogP contribution in [0.1, 0.15) is 23.4 Å². The molecule has 120 valence electrons. The molecule has 2 aromatic heterocycles. The summed E-state index contributed by atoms with van der Waals surface area (Å²) in [5.74, 6) is 0. The van der Waals surface area contributed by atoms with Crippen LogP contribution in [-0.4, -0.2) is 37.8 Å². The van der Waals surface area contributed by atoms with E-state index in [9.17, 15) is 4.79 Å². The Morgan fingerprint density at radius 2 is 2.22 bits per heavy atom. The monoisotopic (exact) mass is 311 g/mol. The Morgan fingerprint density at radius 1 is 1.35 bits per heavy atom. The highest BCUT2D eigenvalue weighted by atomic mass is 16.1. The van der Waals surface area contributed by atoms with Crippen LogP contribution in [0.2, 0.25) is 0 Å². The van der Waals surface area contributed by atoms with Gasteiger partial charge in [0.05, 0.1) is 17.4 Å². The zero-order valence-corrected chi connectivity index (χ0v) is 13.5. The van der Waals surface area contributed by atoms with Crippen LogP contribution in [0.5, 0.6) is 0 Å². The van der Waals surface area contributed by atoms with Crippen LogP contribution < -0.4 is 0 Å². The van der Waals surface area contributed by atoms with Gasteiger partial charge < -0.3 is 4.90 Å². The van der Waals surface area contributed by atoms with Gasteiger partial charge in [-0.05, 0) is 38.0 Å². The van der Waals surface area contributed by atoms with Crippen molar-refractivity contribution >= 4 is 17.3 Å². The van der Waals surface area contributed by atoms with E-state index in [-0.39, 0.29) is 0 Å². The molecule has 1 N–H and O–H groups in total. The molecule has 0 atom stereocenters. The van der Waals surface area contributed by atoms with Crippen LogP contribution in [0.25, 0.3) is 10.9 Å². The standard InChI is InChI=1S/C17H21N5O/c1-13-9-14(2)22(20-13)8-4-7-21(12-23)11-15-5-3-6-17-16(15)10-18-19-17/h3,5-6,9-10,12H,4,7-8,11H2,1-2H3,(H,18,19). The quantitative estimate of drug-likeness (QED) is 0.681. The van der Waals surface area contributed by atoms with Crippen LogP contribution >= 0.6 is 0 Å². The summed E-state index contributed by atoms with van der Waals surface area (Å²) < 4.78 is 2.00. The number of hydrogen-bond acceptors (Lipinski definition) is 3. The first-order valence-electron chi connectivity index (χ1n) is 7.79. The Bertz CT molecular complexity index is 804. The fraction of sp³-hybridized carbons (Fsp3) is 0.353. The summed E-state index contributed by atoms with van der Waals surface area (Å²) in [7, 11) is 0. The van der Waals surface area contributed by atoms with Crippen molar-refractivity contribution in [2.45, 2.75) is 33.4 Å². The number of nitrogens with zero attached hydrogens (tertiary/aromatic N) is 4. The fourth-order valence-electron chi connectivity index (χ4n) is 2.88. The summed E-state index contributed by atoms with van der Waals surface area (Å²) >= 11 is 0. The van der Waals surface area contributed by atoms with Crippen molar-refractivity contribution in [3.8, 4) is 0 Å². The third-order valence-corrected chi connectivity index (χ3v) is 4.02. The van der Waals surface area contributed by atoms with Gasteiger partial charge in [-0.2, -0.15) is 10.2 Å². The van der Waals surface area contributed by atoms with Gasteiger partial charge in [0.15, 0.2) is 0 Å². The average Bonchev–Trinajstić information content (AvgIpc) is 3.13. The first kappa shape index (κ1) is 15.3. The second kappa shape index (κ2) is 6.64. The fourth-order valence-corrected chi connectivity index (χ4v) is 2.88. The van der Waals surface area contributed by atoms with Gasteiger partial charge in [0, 0.05) is 30.7 Å². The lowest BCUT2D eigenvalue weighted by Crippen LogP contribution is -2.24. The molecule has 1 amide bonds. The zero-order valence-electron chi connectivity index (χ0n) is 13.5. The summed E-state index contributed by atoms with van der Waals surface area (Å²) in [6, 6.07) is 8.07. The van der Waals surface area contributed by atoms with Gasteiger partial charge in [-0.1, -0.05) is 12.1 Å². The minimum absolute atomic E-state index is 0.595. The number of H-pyrrole nitrogens is 1. The molecule has 0 aliphatic heterocycles. The van der Waals surface area contributed by atoms with Gasteiger partial charge in [-0.25, -0.2) is 0 Å². The van der Waals surface area contributed by atoms with E-state index in [1.807, 2.05) is 36.0 Å².